The van der Waals surface area contributed by atoms with E-state index in [1.54, 1.807) is 0 Å². The van der Waals surface area contributed by atoms with Gasteiger partial charge in [-0.3, -0.25) is 0 Å². The van der Waals surface area contributed by atoms with Crippen LogP contribution in [0.1, 0.15) is 45.0 Å². The number of rotatable bonds is 4. The van der Waals surface area contributed by atoms with Gasteiger partial charge in [0.2, 0.25) is 0 Å². The van der Waals surface area contributed by atoms with E-state index in [-0.39, 0.29) is 6.04 Å². The molecule has 4 nitrogen and oxygen atoms in total. The smallest absolute Gasteiger partial charge is 0.134 e. The van der Waals surface area contributed by atoms with Crippen molar-refractivity contribution in [3.63, 3.8) is 0 Å². The molecule has 0 fully saturated rings. The summed E-state index contributed by atoms with van der Waals surface area (Å²) in [5, 5.41) is 7.53. The molecule has 0 saturated carbocycles. The van der Waals surface area contributed by atoms with Crippen molar-refractivity contribution in [1.82, 2.24) is 10.6 Å². The Bertz CT molecular complexity index is 2370. The number of fused-ring (bicyclic) bond motifs is 8. The van der Waals surface area contributed by atoms with Gasteiger partial charge in [0.05, 0.1) is 17.2 Å². The van der Waals surface area contributed by atoms with Crippen molar-refractivity contribution in [3.05, 3.63) is 215 Å². The van der Waals surface area contributed by atoms with E-state index in [0.29, 0.717) is 0 Å². The lowest BCUT2D eigenvalue weighted by Gasteiger charge is -2.41. The zero-order chi connectivity index (χ0) is 33.1. The number of nitrogens with zero attached hydrogens (tertiary/aromatic N) is 1. The maximum absolute atomic E-state index is 6.53. The third-order valence-corrected chi connectivity index (χ3v) is 10.4. The van der Waals surface area contributed by atoms with Crippen LogP contribution in [0.4, 0.5) is 0 Å². The van der Waals surface area contributed by atoms with Crippen LogP contribution in [0.3, 0.4) is 0 Å². The fourth-order valence-corrected chi connectivity index (χ4v) is 8.15. The third kappa shape index (κ3) is 4.35. The molecule has 6 aromatic rings. The Morgan fingerprint density at radius 3 is 1.96 bits per heavy atom. The lowest BCUT2D eigenvalue weighted by Crippen LogP contribution is -2.39. The van der Waals surface area contributed by atoms with E-state index in [1.807, 2.05) is 12.1 Å². The molecule has 2 N–H and O–H groups in total. The van der Waals surface area contributed by atoms with E-state index in [0.717, 1.165) is 40.7 Å². The molecular formula is C46H33N3O. The number of benzene rings is 6. The minimum absolute atomic E-state index is 0.0284. The molecule has 1 aliphatic carbocycles. The number of para-hydroxylation sites is 2. The van der Waals surface area contributed by atoms with Gasteiger partial charge in [0.1, 0.15) is 17.3 Å². The van der Waals surface area contributed by atoms with Crippen molar-refractivity contribution in [2.45, 2.75) is 11.5 Å². The molecule has 1 atom stereocenters. The third-order valence-electron chi connectivity index (χ3n) is 10.4. The lowest BCUT2D eigenvalue weighted by molar-refractivity contribution is 0.429. The average molecular weight is 644 g/mol. The van der Waals surface area contributed by atoms with Gasteiger partial charge in [-0.1, -0.05) is 146 Å². The average Bonchev–Trinajstić information content (AvgIpc) is 3.48. The largest absolute Gasteiger partial charge is 0.457 e. The van der Waals surface area contributed by atoms with Gasteiger partial charge in [-0.25, -0.2) is 4.99 Å². The fraction of sp³-hybridized carbons (Fsp3) is 0.0652. The highest BCUT2D eigenvalue weighted by molar-refractivity contribution is 6.03. The summed E-state index contributed by atoms with van der Waals surface area (Å²) < 4.78 is 6.53. The first-order valence-corrected chi connectivity index (χ1v) is 17.2. The van der Waals surface area contributed by atoms with E-state index in [2.05, 4.69) is 168 Å². The molecule has 3 heterocycles. The van der Waals surface area contributed by atoms with Crippen LogP contribution < -0.4 is 15.4 Å². The van der Waals surface area contributed by atoms with Gasteiger partial charge in [-0.2, -0.15) is 0 Å². The van der Waals surface area contributed by atoms with E-state index in [9.17, 15) is 0 Å². The van der Waals surface area contributed by atoms with Crippen LogP contribution in [0.2, 0.25) is 0 Å². The normalized spacial score (nSPS) is 17.6. The molecule has 0 saturated heterocycles. The second kappa shape index (κ2) is 11.4. The first-order chi connectivity index (χ1) is 24.8. The van der Waals surface area contributed by atoms with E-state index < -0.39 is 5.41 Å². The van der Waals surface area contributed by atoms with Crippen molar-refractivity contribution in [3.8, 4) is 22.6 Å². The first-order valence-electron chi connectivity index (χ1n) is 17.2. The summed E-state index contributed by atoms with van der Waals surface area (Å²) in [6, 6.07) is 53.8. The number of dihydropyridines is 1. The molecule has 4 heteroatoms. The minimum atomic E-state index is -0.505. The van der Waals surface area contributed by atoms with Crippen LogP contribution in [-0.4, -0.2) is 12.4 Å². The van der Waals surface area contributed by atoms with Gasteiger partial charge >= 0.3 is 0 Å². The summed E-state index contributed by atoms with van der Waals surface area (Å²) in [7, 11) is 0. The number of hydrogen-bond acceptors (Lipinski definition) is 4. The van der Waals surface area contributed by atoms with Crippen LogP contribution in [0.5, 0.6) is 11.5 Å². The highest BCUT2D eigenvalue weighted by Gasteiger charge is 2.52. The Morgan fingerprint density at radius 1 is 0.600 bits per heavy atom. The maximum Gasteiger partial charge on any atom is 0.134 e. The number of nitrogens with one attached hydrogen (secondary N) is 2. The van der Waals surface area contributed by atoms with Crippen molar-refractivity contribution >= 4 is 17.1 Å². The number of aliphatic imine (C=N–C) groups is 1. The molecule has 50 heavy (non-hydrogen) atoms. The van der Waals surface area contributed by atoms with Crippen LogP contribution in [0.25, 0.3) is 22.4 Å². The molecule has 238 valence electrons. The van der Waals surface area contributed by atoms with E-state index in [4.69, 9.17) is 9.73 Å². The van der Waals surface area contributed by atoms with Gasteiger partial charge in [0.15, 0.2) is 0 Å². The zero-order valence-corrected chi connectivity index (χ0v) is 27.3. The highest BCUT2D eigenvalue weighted by atomic mass is 16.5. The highest BCUT2D eigenvalue weighted by Crippen LogP contribution is 2.61. The number of hydrogen-bond donors (Lipinski definition) is 2. The van der Waals surface area contributed by atoms with Crippen LogP contribution in [0, 0.1) is 0 Å². The van der Waals surface area contributed by atoms with Crippen molar-refractivity contribution < 1.29 is 4.74 Å². The maximum atomic E-state index is 6.53. The monoisotopic (exact) mass is 643 g/mol. The van der Waals surface area contributed by atoms with Gasteiger partial charge in [-0.15, -0.1) is 0 Å². The van der Waals surface area contributed by atoms with Crippen molar-refractivity contribution in [2.24, 2.45) is 4.99 Å². The SMILES string of the molecule is C1=CC2=C(NC1)C1(c3ccccc3Oc3ccccc31)c1cc(-c3ccc(C4C=C(c5ccccc5)N=C(c5ccccc5)N4)cc3)ccc12. The van der Waals surface area contributed by atoms with E-state index in [1.165, 1.54) is 50.2 Å². The van der Waals surface area contributed by atoms with Crippen LogP contribution >= 0.6 is 0 Å². The minimum Gasteiger partial charge on any atom is -0.457 e. The van der Waals surface area contributed by atoms with E-state index >= 15 is 0 Å². The van der Waals surface area contributed by atoms with Crippen molar-refractivity contribution in [2.75, 3.05) is 6.54 Å². The van der Waals surface area contributed by atoms with Gasteiger partial charge in [-0.05, 0) is 57.7 Å². The first kappa shape index (κ1) is 28.6. The molecule has 0 bridgehead atoms. The van der Waals surface area contributed by atoms with Gasteiger partial charge in [0.25, 0.3) is 0 Å². The molecule has 6 aromatic carbocycles. The Morgan fingerprint density at radius 2 is 1.24 bits per heavy atom. The summed E-state index contributed by atoms with van der Waals surface area (Å²) in [6.45, 7) is 0.792. The summed E-state index contributed by atoms with van der Waals surface area (Å²) in [4.78, 5) is 5.04. The Balaban J connectivity index is 1.07. The standard InChI is InChI=1S/C46H33N3O/c1-3-12-31(13-4-1)40-29-41(49-45(48-40)33-14-5-2-6-15-33)32-23-21-30(22-24-32)34-25-26-35-36-16-11-27-47-44(36)46(39(35)28-34)37-17-7-9-19-42(37)50-43-20-10-8-18-38(43)46/h1-26,28-29,41,47H,27H2,(H,48,49). The Hall–Kier alpha value is -6.39. The number of ether oxygens (including phenoxy) is 1. The quantitative estimate of drug-likeness (QED) is 0.201. The molecule has 0 radical (unpaired) electrons. The second-order valence-corrected chi connectivity index (χ2v) is 13.2. The molecule has 0 amide bonds. The van der Waals surface area contributed by atoms with Crippen LogP contribution in [-0.2, 0) is 5.41 Å². The number of allylic oxidation sites excluding steroid dienone is 3. The molecular weight excluding hydrogens is 611 g/mol. The topological polar surface area (TPSA) is 45.6 Å². The molecule has 0 aromatic heterocycles. The van der Waals surface area contributed by atoms with Gasteiger partial charge in [0, 0.05) is 34.5 Å². The summed E-state index contributed by atoms with van der Waals surface area (Å²) in [5.41, 5.74) is 13.5. The fourth-order valence-electron chi connectivity index (χ4n) is 8.15. The zero-order valence-electron chi connectivity index (χ0n) is 27.3. The van der Waals surface area contributed by atoms with Crippen molar-refractivity contribution in [1.29, 1.82) is 0 Å². The lowest BCUT2D eigenvalue weighted by atomic mass is 9.67. The molecule has 10 rings (SSSR count). The molecule has 3 aliphatic heterocycles. The second-order valence-electron chi connectivity index (χ2n) is 13.2. The Kier molecular flexibility index (Phi) is 6.50. The predicted octanol–water partition coefficient (Wildman–Crippen LogP) is 9.81. The predicted molar refractivity (Wildman–Crippen MR) is 202 cm³/mol. The van der Waals surface area contributed by atoms with Gasteiger partial charge < -0.3 is 15.4 Å². The summed E-state index contributed by atoms with van der Waals surface area (Å²) in [5.74, 6) is 2.68. The Labute approximate surface area is 291 Å². The molecule has 1 unspecified atom stereocenters. The summed E-state index contributed by atoms with van der Waals surface area (Å²) in [6.07, 6.45) is 6.74. The number of amidine groups is 1. The van der Waals surface area contributed by atoms with Crippen LogP contribution in [0.15, 0.2) is 181 Å². The molecule has 4 aliphatic rings. The molecule has 1 spiro atoms. The summed E-state index contributed by atoms with van der Waals surface area (Å²) >= 11 is 0.